The molecule has 0 spiro atoms. The van der Waals surface area contributed by atoms with Crippen molar-refractivity contribution in [1.29, 1.82) is 0 Å². The normalized spacial score (nSPS) is 21.2. The molecule has 0 amide bonds. The molecule has 1 fully saturated rings. The Labute approximate surface area is 167 Å². The highest BCUT2D eigenvalue weighted by molar-refractivity contribution is 7.18. The number of rotatable bonds is 3. The van der Waals surface area contributed by atoms with Crippen LogP contribution in [0.25, 0.3) is 21.1 Å². The number of nitrogens with one attached hydrogen (secondary N) is 2. The van der Waals surface area contributed by atoms with Gasteiger partial charge in [-0.15, -0.1) is 11.3 Å². The Morgan fingerprint density at radius 2 is 1.75 bits per heavy atom. The van der Waals surface area contributed by atoms with E-state index in [-0.39, 0.29) is 11.6 Å². The lowest BCUT2D eigenvalue weighted by atomic mass is 9.96. The Morgan fingerprint density at radius 1 is 1.04 bits per heavy atom. The minimum absolute atomic E-state index is 0.0452. The Morgan fingerprint density at radius 3 is 2.54 bits per heavy atom. The summed E-state index contributed by atoms with van der Waals surface area (Å²) in [5, 5.41) is 1.92. The molecule has 5 nitrogen and oxygen atoms in total. The van der Waals surface area contributed by atoms with Crippen LogP contribution in [0.15, 0.2) is 53.3 Å². The third kappa shape index (κ3) is 3.12. The molecule has 2 aromatic heterocycles. The molecule has 0 unspecified atom stereocenters. The molecule has 0 aliphatic carbocycles. The van der Waals surface area contributed by atoms with Crippen LogP contribution in [-0.2, 0) is 0 Å². The number of fused-ring (bicyclic) bond motifs is 2. The number of hydrogen-bond donors (Lipinski definition) is 2. The van der Waals surface area contributed by atoms with Crippen molar-refractivity contribution in [1.82, 2.24) is 15.0 Å². The van der Waals surface area contributed by atoms with E-state index in [4.69, 9.17) is 9.97 Å². The number of H-pyrrole nitrogens is 1. The maximum atomic E-state index is 12.4. The fraction of sp³-hybridized carbons (Fsp3) is 0.318. The van der Waals surface area contributed by atoms with E-state index in [1.54, 1.807) is 0 Å². The second kappa shape index (κ2) is 7.11. The van der Waals surface area contributed by atoms with Crippen LogP contribution in [-0.4, -0.2) is 28.0 Å². The maximum Gasteiger partial charge on any atom is 0.258 e. The van der Waals surface area contributed by atoms with E-state index in [0.717, 1.165) is 42.8 Å². The van der Waals surface area contributed by atoms with Crippen LogP contribution < -0.4 is 10.5 Å². The van der Waals surface area contributed by atoms with Crippen molar-refractivity contribution in [2.45, 2.75) is 31.7 Å². The summed E-state index contributed by atoms with van der Waals surface area (Å²) in [5.74, 6) is 1.33. The molecule has 1 saturated heterocycles. The van der Waals surface area contributed by atoms with Crippen molar-refractivity contribution in [3.8, 4) is 0 Å². The summed E-state index contributed by atoms with van der Waals surface area (Å²) in [6, 6.07) is 16.1. The first-order chi connectivity index (χ1) is 13.7. The van der Waals surface area contributed by atoms with Crippen molar-refractivity contribution in [3.63, 3.8) is 0 Å². The first-order valence-electron chi connectivity index (χ1n) is 9.88. The van der Waals surface area contributed by atoms with Crippen molar-refractivity contribution in [3.05, 3.63) is 69.7 Å². The number of piperidine rings is 1. The lowest BCUT2D eigenvalue weighted by Gasteiger charge is -2.32. The number of aromatic amines is 1. The average Bonchev–Trinajstić information content (AvgIpc) is 3.18. The van der Waals surface area contributed by atoms with Crippen LogP contribution in [0, 0.1) is 0 Å². The summed E-state index contributed by atoms with van der Waals surface area (Å²) < 4.78 is 1.28. The third-order valence-electron chi connectivity index (χ3n) is 5.94. The smallest absolute Gasteiger partial charge is 0.258 e. The second-order valence-electron chi connectivity index (χ2n) is 7.64. The zero-order chi connectivity index (χ0) is 19.1. The minimum atomic E-state index is -0.0452. The molecule has 1 aliphatic heterocycles. The van der Waals surface area contributed by atoms with Crippen LogP contribution in [0.4, 0.5) is 0 Å². The fourth-order valence-electron chi connectivity index (χ4n) is 4.24. The van der Waals surface area contributed by atoms with Crippen LogP contribution in [0.3, 0.4) is 0 Å². The topological polar surface area (TPSA) is 63.1 Å². The summed E-state index contributed by atoms with van der Waals surface area (Å²) in [6.07, 6.45) is 2.24. The van der Waals surface area contributed by atoms with Crippen LogP contribution in [0.1, 0.15) is 42.6 Å². The molecule has 1 aliphatic rings. The molecule has 5 rings (SSSR count). The number of hydrogen-bond acceptors (Lipinski definition) is 4. The van der Waals surface area contributed by atoms with Gasteiger partial charge in [0.2, 0.25) is 0 Å². The van der Waals surface area contributed by atoms with E-state index in [1.807, 2.05) is 35.6 Å². The lowest BCUT2D eigenvalue weighted by Crippen LogP contribution is -3.13. The molecule has 4 aromatic rings. The molecule has 0 bridgehead atoms. The molecule has 0 radical (unpaired) electrons. The highest BCUT2D eigenvalue weighted by Gasteiger charge is 2.30. The number of quaternary nitrogens is 1. The van der Waals surface area contributed by atoms with Gasteiger partial charge in [-0.2, -0.15) is 0 Å². The highest BCUT2D eigenvalue weighted by atomic mass is 32.1. The number of aromatic nitrogens is 3. The van der Waals surface area contributed by atoms with Gasteiger partial charge in [0.05, 0.1) is 39.2 Å². The molecule has 1 atom stereocenters. The third-order valence-corrected chi connectivity index (χ3v) is 7.14. The summed E-state index contributed by atoms with van der Waals surface area (Å²) in [4.78, 5) is 26.5. The monoisotopic (exact) mass is 391 g/mol. The highest BCUT2D eigenvalue weighted by Crippen LogP contribution is 2.31. The number of thiazole rings is 1. The molecule has 6 heteroatoms. The summed E-state index contributed by atoms with van der Waals surface area (Å²) in [5.41, 5.74) is 1.84. The molecular formula is C22H23N4OS+. The SMILES string of the molecule is C[C@H](c1nc2ccccc2c(=O)[nH]1)[NH+]1CCC(c2nc3ccccc3s2)CC1. The van der Waals surface area contributed by atoms with Gasteiger partial charge >= 0.3 is 0 Å². The van der Waals surface area contributed by atoms with Gasteiger partial charge < -0.3 is 9.88 Å². The van der Waals surface area contributed by atoms with Crippen molar-refractivity contribution < 1.29 is 4.90 Å². The van der Waals surface area contributed by atoms with E-state index in [2.05, 4.69) is 36.2 Å². The molecule has 28 heavy (non-hydrogen) atoms. The second-order valence-corrected chi connectivity index (χ2v) is 8.70. The van der Waals surface area contributed by atoms with Crippen molar-refractivity contribution >= 4 is 32.5 Å². The van der Waals surface area contributed by atoms with E-state index in [1.165, 1.54) is 14.6 Å². The first-order valence-corrected chi connectivity index (χ1v) is 10.7. The largest absolute Gasteiger partial charge is 0.326 e. The van der Waals surface area contributed by atoms with Gasteiger partial charge in [0.1, 0.15) is 6.04 Å². The van der Waals surface area contributed by atoms with Gasteiger partial charge in [-0.05, 0) is 31.2 Å². The summed E-state index contributed by atoms with van der Waals surface area (Å²) >= 11 is 1.83. The predicted molar refractivity (Wildman–Crippen MR) is 113 cm³/mol. The fourth-order valence-corrected chi connectivity index (χ4v) is 5.37. The Bertz CT molecular complexity index is 1160. The predicted octanol–water partition coefficient (Wildman–Crippen LogP) is 3.06. The van der Waals surface area contributed by atoms with Gasteiger partial charge in [-0.25, -0.2) is 9.97 Å². The van der Waals surface area contributed by atoms with Gasteiger partial charge in [0, 0.05) is 18.8 Å². The zero-order valence-electron chi connectivity index (χ0n) is 15.8. The molecular weight excluding hydrogens is 368 g/mol. The Balaban J connectivity index is 1.33. The molecule has 0 saturated carbocycles. The number of likely N-dealkylation sites (tertiary alicyclic amines) is 1. The van der Waals surface area contributed by atoms with Gasteiger partial charge in [-0.1, -0.05) is 24.3 Å². The van der Waals surface area contributed by atoms with Crippen LogP contribution in [0.2, 0.25) is 0 Å². The Kier molecular flexibility index (Phi) is 4.45. The van der Waals surface area contributed by atoms with Crippen LogP contribution >= 0.6 is 11.3 Å². The van der Waals surface area contributed by atoms with Crippen molar-refractivity contribution in [2.24, 2.45) is 0 Å². The average molecular weight is 392 g/mol. The molecule has 2 aromatic carbocycles. The van der Waals surface area contributed by atoms with Gasteiger partial charge in [0.25, 0.3) is 5.56 Å². The first kappa shape index (κ1) is 17.5. The number of para-hydroxylation sites is 2. The van der Waals surface area contributed by atoms with E-state index >= 15 is 0 Å². The van der Waals surface area contributed by atoms with E-state index in [9.17, 15) is 4.79 Å². The van der Waals surface area contributed by atoms with Gasteiger partial charge in [0.15, 0.2) is 5.82 Å². The molecule has 142 valence electrons. The number of nitrogens with zero attached hydrogens (tertiary/aromatic N) is 2. The van der Waals surface area contributed by atoms with Gasteiger partial charge in [-0.3, -0.25) is 4.79 Å². The molecule has 3 heterocycles. The van der Waals surface area contributed by atoms with E-state index in [0.29, 0.717) is 11.3 Å². The zero-order valence-corrected chi connectivity index (χ0v) is 16.6. The summed E-state index contributed by atoms with van der Waals surface area (Å²) in [7, 11) is 0. The Hall–Kier alpha value is -2.57. The quantitative estimate of drug-likeness (QED) is 0.564. The molecule has 2 N–H and O–H groups in total. The van der Waals surface area contributed by atoms with E-state index < -0.39 is 0 Å². The van der Waals surface area contributed by atoms with Crippen molar-refractivity contribution in [2.75, 3.05) is 13.1 Å². The minimum Gasteiger partial charge on any atom is -0.326 e. The standard InChI is InChI=1S/C22H22N4OS/c1-14(20-23-17-7-3-2-6-16(17)21(27)25-20)26-12-10-15(11-13-26)22-24-18-8-4-5-9-19(18)28-22/h2-9,14-15H,10-13H2,1H3,(H,23,25,27)/p+1/t14-/m1/s1. The lowest BCUT2D eigenvalue weighted by molar-refractivity contribution is -0.935. The maximum absolute atomic E-state index is 12.4. The number of benzene rings is 2. The van der Waals surface area contributed by atoms with Crippen LogP contribution in [0.5, 0.6) is 0 Å². The summed E-state index contributed by atoms with van der Waals surface area (Å²) in [6.45, 7) is 4.30.